The molecule has 0 radical (unpaired) electrons. The molecule has 16 heavy (non-hydrogen) atoms. The van der Waals surface area contributed by atoms with Crippen LogP contribution in [0.4, 0.5) is 11.4 Å². The van der Waals surface area contributed by atoms with Crippen molar-refractivity contribution in [3.8, 4) is 0 Å². The van der Waals surface area contributed by atoms with Gasteiger partial charge in [-0.3, -0.25) is 15.1 Å². The summed E-state index contributed by atoms with van der Waals surface area (Å²) < 4.78 is 0. The van der Waals surface area contributed by atoms with Gasteiger partial charge in [0, 0.05) is 42.9 Å². The van der Waals surface area contributed by atoms with Crippen LogP contribution in [0.15, 0.2) is 29.4 Å². The number of hydrogen-bond donors (Lipinski definition) is 2. The summed E-state index contributed by atoms with van der Waals surface area (Å²) in [5.74, 6) is 0. The fourth-order valence-electron chi connectivity index (χ4n) is 1.26. The molecule has 6 nitrogen and oxygen atoms in total. The monoisotopic (exact) mass is 220 g/mol. The Morgan fingerprint density at radius 3 is 2.69 bits per heavy atom. The van der Waals surface area contributed by atoms with Crippen LogP contribution >= 0.6 is 0 Å². The first-order chi connectivity index (χ1) is 7.58. The molecule has 6 heteroatoms. The highest BCUT2D eigenvalue weighted by atomic mass is 16.6. The molecule has 0 aliphatic carbocycles. The average Bonchev–Trinajstić information content (AvgIpc) is 2.24. The van der Waals surface area contributed by atoms with Crippen molar-refractivity contribution in [2.24, 2.45) is 10.7 Å². The zero-order valence-corrected chi connectivity index (χ0v) is 8.75. The van der Waals surface area contributed by atoms with Gasteiger partial charge in [0.25, 0.3) is 5.69 Å². The van der Waals surface area contributed by atoms with Crippen LogP contribution < -0.4 is 11.5 Å². The summed E-state index contributed by atoms with van der Waals surface area (Å²) in [6.07, 6.45) is 2.84. The van der Waals surface area contributed by atoms with Gasteiger partial charge in [-0.2, -0.15) is 0 Å². The molecule has 0 spiro atoms. The van der Waals surface area contributed by atoms with Crippen LogP contribution in [0.1, 0.15) is 5.56 Å². The lowest BCUT2D eigenvalue weighted by atomic mass is 10.1. The van der Waals surface area contributed by atoms with Gasteiger partial charge in [0.1, 0.15) is 0 Å². The third-order valence-electron chi connectivity index (χ3n) is 1.93. The van der Waals surface area contributed by atoms with Crippen molar-refractivity contribution >= 4 is 23.2 Å². The highest BCUT2D eigenvalue weighted by Crippen LogP contribution is 2.22. The molecular weight excluding hydrogens is 208 g/mol. The van der Waals surface area contributed by atoms with Gasteiger partial charge >= 0.3 is 0 Å². The number of nitrogens with zero attached hydrogens (tertiary/aromatic N) is 2. The number of aliphatic imine (C=N–C) groups is 1. The Labute approximate surface area is 92.4 Å². The van der Waals surface area contributed by atoms with E-state index in [4.69, 9.17) is 11.5 Å². The van der Waals surface area contributed by atoms with Crippen molar-refractivity contribution in [2.45, 2.75) is 0 Å². The second kappa shape index (κ2) is 4.92. The maximum atomic E-state index is 10.6. The van der Waals surface area contributed by atoms with Crippen molar-refractivity contribution in [3.63, 3.8) is 0 Å². The fraction of sp³-hybridized carbons (Fsp3) is 0.100. The van der Waals surface area contributed by atoms with Gasteiger partial charge in [-0.1, -0.05) is 0 Å². The molecule has 0 bridgehead atoms. The minimum absolute atomic E-state index is 0.0705. The predicted molar refractivity (Wildman–Crippen MR) is 64.1 cm³/mol. The number of hydrogen-bond acceptors (Lipinski definition) is 5. The summed E-state index contributed by atoms with van der Waals surface area (Å²) in [7, 11) is 1.59. The molecular formula is C10H12N4O2. The third-order valence-corrected chi connectivity index (χ3v) is 1.93. The Hall–Kier alpha value is -2.37. The summed E-state index contributed by atoms with van der Waals surface area (Å²) in [5.41, 5.74) is 12.4. The molecule has 0 aliphatic rings. The predicted octanol–water partition coefficient (Wildman–Crippen LogP) is 1.18. The van der Waals surface area contributed by atoms with Crippen molar-refractivity contribution < 1.29 is 4.92 Å². The SMILES string of the molecule is CN=CC(=CN)c1cc(N)cc([N+](=O)[O-])c1. The smallest absolute Gasteiger partial charge is 0.272 e. The first kappa shape index (κ1) is 11.7. The summed E-state index contributed by atoms with van der Waals surface area (Å²) in [4.78, 5) is 13.9. The Kier molecular flexibility index (Phi) is 3.60. The zero-order valence-electron chi connectivity index (χ0n) is 8.75. The van der Waals surface area contributed by atoms with Crippen LogP contribution in [-0.2, 0) is 0 Å². The Balaban J connectivity index is 3.29. The molecule has 1 aromatic carbocycles. The largest absolute Gasteiger partial charge is 0.404 e. The van der Waals surface area contributed by atoms with Crippen molar-refractivity contribution in [1.29, 1.82) is 0 Å². The number of anilines is 1. The van der Waals surface area contributed by atoms with E-state index in [9.17, 15) is 10.1 Å². The van der Waals surface area contributed by atoms with Crippen molar-refractivity contribution in [2.75, 3.05) is 12.8 Å². The van der Waals surface area contributed by atoms with E-state index in [1.165, 1.54) is 24.5 Å². The molecule has 0 saturated heterocycles. The van der Waals surface area contributed by atoms with E-state index in [0.717, 1.165) is 0 Å². The standard InChI is InChI=1S/C10H12N4O2/c1-13-6-8(5-11)7-2-9(12)4-10(3-7)14(15)16/h2-6H,11-12H2,1H3. The Bertz CT molecular complexity index is 466. The quantitative estimate of drug-likeness (QED) is 0.345. The molecule has 0 saturated carbocycles. The van der Waals surface area contributed by atoms with Gasteiger partial charge in [-0.15, -0.1) is 0 Å². The minimum Gasteiger partial charge on any atom is -0.404 e. The number of benzene rings is 1. The number of rotatable bonds is 3. The summed E-state index contributed by atoms with van der Waals surface area (Å²) in [6, 6.07) is 4.30. The number of nitro groups is 1. The lowest BCUT2D eigenvalue weighted by Gasteiger charge is -2.03. The maximum absolute atomic E-state index is 10.6. The summed E-state index contributed by atoms with van der Waals surface area (Å²) >= 11 is 0. The minimum atomic E-state index is -0.503. The van der Waals surface area contributed by atoms with E-state index in [0.29, 0.717) is 16.8 Å². The molecule has 1 rings (SSSR count). The lowest BCUT2D eigenvalue weighted by molar-refractivity contribution is -0.384. The van der Waals surface area contributed by atoms with E-state index in [-0.39, 0.29) is 5.69 Å². The zero-order chi connectivity index (χ0) is 12.1. The highest BCUT2D eigenvalue weighted by Gasteiger charge is 2.10. The van der Waals surface area contributed by atoms with Gasteiger partial charge in [-0.25, -0.2) is 0 Å². The van der Waals surface area contributed by atoms with Crippen LogP contribution in [0, 0.1) is 10.1 Å². The highest BCUT2D eigenvalue weighted by molar-refractivity contribution is 6.10. The van der Waals surface area contributed by atoms with E-state index >= 15 is 0 Å². The Morgan fingerprint density at radius 1 is 1.50 bits per heavy atom. The molecule has 0 aliphatic heterocycles. The van der Waals surface area contributed by atoms with Crippen molar-refractivity contribution in [1.82, 2.24) is 0 Å². The second-order valence-corrected chi connectivity index (χ2v) is 3.08. The molecule has 0 fully saturated rings. The number of nitrogen functional groups attached to an aromatic ring is 1. The topological polar surface area (TPSA) is 108 Å². The molecule has 0 heterocycles. The number of allylic oxidation sites excluding steroid dienone is 1. The van der Waals surface area contributed by atoms with Crippen LogP contribution in [0.3, 0.4) is 0 Å². The normalized spacial score (nSPS) is 11.9. The molecule has 0 aromatic heterocycles. The van der Waals surface area contributed by atoms with E-state index < -0.39 is 4.92 Å². The van der Waals surface area contributed by atoms with Gasteiger partial charge in [0.05, 0.1) is 4.92 Å². The van der Waals surface area contributed by atoms with Crippen LogP contribution in [0.5, 0.6) is 0 Å². The molecule has 84 valence electrons. The molecule has 0 atom stereocenters. The van der Waals surface area contributed by atoms with E-state index in [2.05, 4.69) is 4.99 Å². The second-order valence-electron chi connectivity index (χ2n) is 3.08. The van der Waals surface area contributed by atoms with Crippen LogP contribution in [0.25, 0.3) is 5.57 Å². The molecule has 0 amide bonds. The molecule has 1 aromatic rings. The van der Waals surface area contributed by atoms with Crippen molar-refractivity contribution in [3.05, 3.63) is 40.1 Å². The lowest BCUT2D eigenvalue weighted by Crippen LogP contribution is -1.97. The van der Waals surface area contributed by atoms with Gasteiger partial charge < -0.3 is 11.5 Å². The third kappa shape index (κ3) is 2.57. The van der Waals surface area contributed by atoms with Gasteiger partial charge in [0.2, 0.25) is 0 Å². The van der Waals surface area contributed by atoms with Crippen LogP contribution in [-0.4, -0.2) is 18.2 Å². The first-order valence-corrected chi connectivity index (χ1v) is 4.48. The van der Waals surface area contributed by atoms with E-state index in [1.54, 1.807) is 13.1 Å². The average molecular weight is 220 g/mol. The van der Waals surface area contributed by atoms with Gasteiger partial charge in [-0.05, 0) is 11.6 Å². The number of nitrogens with two attached hydrogens (primary N) is 2. The Morgan fingerprint density at radius 2 is 2.19 bits per heavy atom. The number of non-ortho nitro benzene ring substituents is 1. The number of nitro benzene ring substituents is 1. The summed E-state index contributed by atoms with van der Waals surface area (Å²) in [5, 5.41) is 10.6. The summed E-state index contributed by atoms with van der Waals surface area (Å²) in [6.45, 7) is 0. The fourth-order valence-corrected chi connectivity index (χ4v) is 1.26. The van der Waals surface area contributed by atoms with Gasteiger partial charge in [0.15, 0.2) is 0 Å². The maximum Gasteiger partial charge on any atom is 0.272 e. The molecule has 0 unspecified atom stereocenters. The first-order valence-electron chi connectivity index (χ1n) is 4.48. The van der Waals surface area contributed by atoms with Crippen LogP contribution in [0.2, 0.25) is 0 Å². The molecule has 4 N–H and O–H groups in total. The van der Waals surface area contributed by atoms with E-state index in [1.807, 2.05) is 0 Å².